The summed E-state index contributed by atoms with van der Waals surface area (Å²) in [4.78, 5) is 17.8. The fourth-order valence-corrected chi connectivity index (χ4v) is 4.03. The molecule has 0 unspecified atom stereocenters. The second kappa shape index (κ2) is 7.37. The van der Waals surface area contributed by atoms with Gasteiger partial charge in [-0.25, -0.2) is 9.37 Å². The molecule has 5 nitrogen and oxygen atoms in total. The van der Waals surface area contributed by atoms with E-state index in [1.165, 1.54) is 12.1 Å². The van der Waals surface area contributed by atoms with E-state index in [1.54, 1.807) is 12.1 Å². The topological polar surface area (TPSA) is 66.1 Å². The zero-order valence-corrected chi connectivity index (χ0v) is 16.2. The number of ketones is 1. The van der Waals surface area contributed by atoms with E-state index in [9.17, 15) is 14.4 Å². The Morgan fingerprint density at radius 3 is 2.60 bits per heavy atom. The fraction of sp³-hybridized carbons (Fsp3) is 0.208. The first kappa shape index (κ1) is 18.5. The number of nitrogens with zero attached hydrogens (tertiary/aromatic N) is 2. The number of fused-ring (bicyclic) bond motifs is 2. The highest BCUT2D eigenvalue weighted by molar-refractivity contribution is 6.10. The Hall–Kier alpha value is -3.54. The zero-order valence-electron chi connectivity index (χ0n) is 16.2. The minimum Gasteiger partial charge on any atom is -0.618 e. The molecule has 150 valence electrons. The van der Waals surface area contributed by atoms with Crippen molar-refractivity contribution < 1.29 is 18.7 Å². The number of halogens is 1. The molecule has 0 amide bonds. The van der Waals surface area contributed by atoms with Crippen molar-refractivity contribution in [2.24, 2.45) is 0 Å². The van der Waals surface area contributed by atoms with Crippen LogP contribution in [0, 0.1) is 11.0 Å². The predicted molar refractivity (Wildman–Crippen MR) is 111 cm³/mol. The van der Waals surface area contributed by atoms with Gasteiger partial charge in [-0.3, -0.25) is 4.79 Å². The molecule has 1 aliphatic carbocycles. The van der Waals surface area contributed by atoms with Gasteiger partial charge in [-0.05, 0) is 54.7 Å². The highest BCUT2D eigenvalue weighted by atomic mass is 19.1. The standard InChI is InChI=1S/C24H19FN2O3/c25-18-11-12-20-21(14-18)27(29)22(24(26-20)30-19-7-3-4-8-19)23(28)17-10-9-15-5-1-2-6-16(15)13-17/h1-2,5-6,9-14,19H,3-4,7-8H2. The lowest BCUT2D eigenvalue weighted by Gasteiger charge is -2.15. The molecular weight excluding hydrogens is 383 g/mol. The van der Waals surface area contributed by atoms with Crippen LogP contribution in [0.2, 0.25) is 0 Å². The minimum atomic E-state index is -0.567. The van der Waals surface area contributed by atoms with Crippen molar-refractivity contribution in [1.29, 1.82) is 0 Å². The van der Waals surface area contributed by atoms with Gasteiger partial charge in [0.25, 0.3) is 11.7 Å². The summed E-state index contributed by atoms with van der Waals surface area (Å²) in [5.41, 5.74) is 0.426. The van der Waals surface area contributed by atoms with E-state index in [0.29, 0.717) is 10.3 Å². The maximum Gasteiger partial charge on any atom is 0.328 e. The molecule has 0 atom stereocenters. The molecule has 1 heterocycles. The van der Waals surface area contributed by atoms with Crippen molar-refractivity contribution in [1.82, 2.24) is 4.98 Å². The third-order valence-corrected chi connectivity index (χ3v) is 5.59. The molecule has 5 rings (SSSR count). The number of hydrogen-bond donors (Lipinski definition) is 0. The molecule has 0 aliphatic heterocycles. The number of benzene rings is 3. The smallest absolute Gasteiger partial charge is 0.328 e. The Bertz CT molecular complexity index is 1280. The Kier molecular flexibility index (Phi) is 4.54. The number of ether oxygens (including phenoxy) is 1. The van der Waals surface area contributed by atoms with Crippen molar-refractivity contribution in [2.75, 3.05) is 0 Å². The van der Waals surface area contributed by atoms with Gasteiger partial charge in [-0.2, -0.15) is 4.73 Å². The van der Waals surface area contributed by atoms with Gasteiger partial charge < -0.3 is 9.94 Å². The van der Waals surface area contributed by atoms with Gasteiger partial charge in [0.2, 0.25) is 5.52 Å². The summed E-state index contributed by atoms with van der Waals surface area (Å²) in [6.07, 6.45) is 3.69. The van der Waals surface area contributed by atoms with Crippen LogP contribution < -0.4 is 9.47 Å². The lowest BCUT2D eigenvalue weighted by Crippen LogP contribution is -2.38. The molecular formula is C24H19FN2O3. The highest BCUT2D eigenvalue weighted by Gasteiger charge is 2.31. The largest absolute Gasteiger partial charge is 0.618 e. The SMILES string of the molecule is O=C(c1ccc2ccccc2c1)c1c(OC2CCCC2)nc2ccc(F)cc2[n+]1[O-]. The quantitative estimate of drug-likeness (QED) is 0.282. The van der Waals surface area contributed by atoms with E-state index in [1.807, 2.05) is 30.3 Å². The van der Waals surface area contributed by atoms with Crippen LogP contribution in [0.25, 0.3) is 21.8 Å². The monoisotopic (exact) mass is 402 g/mol. The van der Waals surface area contributed by atoms with Gasteiger partial charge in [0.05, 0.1) is 0 Å². The van der Waals surface area contributed by atoms with E-state index in [-0.39, 0.29) is 28.7 Å². The second-order valence-electron chi connectivity index (χ2n) is 7.61. The second-order valence-corrected chi connectivity index (χ2v) is 7.61. The van der Waals surface area contributed by atoms with Gasteiger partial charge in [0.15, 0.2) is 0 Å². The summed E-state index contributed by atoms with van der Waals surface area (Å²) in [6.45, 7) is 0. The highest BCUT2D eigenvalue weighted by Crippen LogP contribution is 2.28. The fourth-order valence-electron chi connectivity index (χ4n) is 4.03. The first-order valence-electron chi connectivity index (χ1n) is 10.0. The van der Waals surface area contributed by atoms with Crippen LogP contribution in [0.15, 0.2) is 60.7 Å². The Morgan fingerprint density at radius 1 is 1.03 bits per heavy atom. The molecule has 3 aromatic carbocycles. The number of rotatable bonds is 4. The lowest BCUT2D eigenvalue weighted by molar-refractivity contribution is -0.580. The number of hydrogen-bond acceptors (Lipinski definition) is 4. The molecule has 0 radical (unpaired) electrons. The van der Waals surface area contributed by atoms with Gasteiger partial charge in [0, 0.05) is 11.6 Å². The average Bonchev–Trinajstić information content (AvgIpc) is 3.27. The molecule has 4 aromatic rings. The minimum absolute atomic E-state index is 0.00193. The van der Waals surface area contributed by atoms with E-state index in [4.69, 9.17) is 4.74 Å². The molecule has 1 fully saturated rings. The normalized spacial score (nSPS) is 14.4. The van der Waals surface area contributed by atoms with Gasteiger partial charge in [0.1, 0.15) is 17.4 Å². The van der Waals surface area contributed by atoms with Crippen LogP contribution in [-0.4, -0.2) is 16.9 Å². The molecule has 1 saturated carbocycles. The van der Waals surface area contributed by atoms with Gasteiger partial charge in [-0.1, -0.05) is 36.4 Å². The third-order valence-electron chi connectivity index (χ3n) is 5.59. The van der Waals surface area contributed by atoms with Crippen LogP contribution in [0.5, 0.6) is 5.88 Å². The van der Waals surface area contributed by atoms with Crippen molar-refractivity contribution in [3.8, 4) is 5.88 Å². The summed E-state index contributed by atoms with van der Waals surface area (Å²) >= 11 is 0. The first-order valence-corrected chi connectivity index (χ1v) is 10.0. The molecule has 0 saturated heterocycles. The zero-order chi connectivity index (χ0) is 20.7. The first-order chi connectivity index (χ1) is 14.6. The predicted octanol–water partition coefficient (Wildman–Crippen LogP) is 4.71. The van der Waals surface area contributed by atoms with Crippen molar-refractivity contribution >= 4 is 27.6 Å². The summed E-state index contributed by atoms with van der Waals surface area (Å²) < 4.78 is 20.2. The van der Waals surface area contributed by atoms with Crippen LogP contribution in [0.1, 0.15) is 41.7 Å². The third kappa shape index (κ3) is 3.24. The van der Waals surface area contributed by atoms with Crippen LogP contribution >= 0.6 is 0 Å². The molecule has 0 bridgehead atoms. The number of carbonyl (C=O) groups is 1. The molecule has 0 spiro atoms. The molecule has 1 aromatic heterocycles. The summed E-state index contributed by atoms with van der Waals surface area (Å²) in [7, 11) is 0. The van der Waals surface area contributed by atoms with E-state index in [0.717, 1.165) is 42.5 Å². The average molecular weight is 402 g/mol. The molecule has 6 heteroatoms. The van der Waals surface area contributed by atoms with Crippen LogP contribution in [0.4, 0.5) is 4.39 Å². The maximum absolute atomic E-state index is 13.8. The van der Waals surface area contributed by atoms with E-state index >= 15 is 0 Å². The van der Waals surface area contributed by atoms with E-state index < -0.39 is 11.6 Å². The summed E-state index contributed by atoms with van der Waals surface area (Å²) in [6, 6.07) is 16.7. The Morgan fingerprint density at radius 2 is 1.80 bits per heavy atom. The molecule has 0 N–H and O–H groups in total. The number of carbonyl (C=O) groups excluding carboxylic acids is 1. The summed E-state index contributed by atoms with van der Waals surface area (Å²) in [5, 5.41) is 15.0. The van der Waals surface area contributed by atoms with Gasteiger partial charge in [-0.15, -0.1) is 0 Å². The Labute approximate surface area is 172 Å². The van der Waals surface area contributed by atoms with Crippen LogP contribution in [0.3, 0.4) is 0 Å². The molecule has 30 heavy (non-hydrogen) atoms. The van der Waals surface area contributed by atoms with Crippen molar-refractivity contribution in [2.45, 2.75) is 31.8 Å². The Balaban J connectivity index is 1.67. The van der Waals surface area contributed by atoms with Crippen LogP contribution in [-0.2, 0) is 0 Å². The van der Waals surface area contributed by atoms with Crippen molar-refractivity contribution in [3.05, 3.63) is 82.9 Å². The lowest BCUT2D eigenvalue weighted by atomic mass is 10.0. The number of aromatic nitrogens is 2. The van der Waals surface area contributed by atoms with Crippen molar-refractivity contribution in [3.63, 3.8) is 0 Å². The molecule has 1 aliphatic rings. The summed E-state index contributed by atoms with van der Waals surface area (Å²) in [5.74, 6) is -1.06. The van der Waals surface area contributed by atoms with Gasteiger partial charge >= 0.3 is 5.69 Å². The van der Waals surface area contributed by atoms with E-state index in [2.05, 4.69) is 4.98 Å². The maximum atomic E-state index is 13.8.